The second kappa shape index (κ2) is 9.04. The van der Waals surface area contributed by atoms with Crippen LogP contribution < -0.4 is 14.2 Å². The standard InChI is InChI=1S/C29H34N2O5/c1-29(2)35-26-16-20(15-25(33-3)27(26)36-29)28(32)30(17-22-11-7-13-31(22)21-9-6-10-21)18-23-14-19-8-4-5-12-24(19)34-23/h4-5,8,12,14-16,21-22H,6-7,9-11,13,17-18H2,1-3H3/t22-/m0/s1. The minimum atomic E-state index is -0.807. The van der Waals surface area contributed by atoms with E-state index in [1.807, 2.05) is 49.1 Å². The van der Waals surface area contributed by atoms with Gasteiger partial charge in [0.25, 0.3) is 5.91 Å². The van der Waals surface area contributed by atoms with Crippen LogP contribution in [0.2, 0.25) is 0 Å². The highest BCUT2D eigenvalue weighted by molar-refractivity contribution is 5.96. The number of ether oxygens (including phenoxy) is 3. The van der Waals surface area contributed by atoms with Crippen LogP contribution in [0, 0.1) is 0 Å². The monoisotopic (exact) mass is 490 g/mol. The molecule has 1 amide bonds. The summed E-state index contributed by atoms with van der Waals surface area (Å²) in [7, 11) is 1.58. The SMILES string of the molecule is COc1cc(C(=O)N(Cc2cc3ccccc3o2)C[C@@H]2CCCN2C2CCC2)cc2c1OC(C)(C)O2. The summed E-state index contributed by atoms with van der Waals surface area (Å²) < 4.78 is 23.6. The van der Waals surface area contributed by atoms with Crippen LogP contribution in [0.3, 0.4) is 0 Å². The Labute approximate surface area is 211 Å². The van der Waals surface area contributed by atoms with Gasteiger partial charge in [0.05, 0.1) is 13.7 Å². The number of para-hydroxylation sites is 1. The maximum absolute atomic E-state index is 14.1. The molecular formula is C29H34N2O5. The zero-order valence-electron chi connectivity index (χ0n) is 21.3. The average Bonchev–Trinajstić information content (AvgIpc) is 3.51. The normalized spacial score (nSPS) is 21.0. The van der Waals surface area contributed by atoms with Crippen LogP contribution in [0.1, 0.15) is 62.1 Å². The van der Waals surface area contributed by atoms with E-state index in [1.54, 1.807) is 19.2 Å². The van der Waals surface area contributed by atoms with Crippen molar-refractivity contribution in [1.82, 2.24) is 9.80 Å². The maximum atomic E-state index is 14.1. The fraction of sp³-hybridized carbons (Fsp3) is 0.483. The van der Waals surface area contributed by atoms with Crippen molar-refractivity contribution in [3.05, 3.63) is 53.8 Å². The Kier molecular flexibility index (Phi) is 5.83. The van der Waals surface area contributed by atoms with E-state index in [9.17, 15) is 4.79 Å². The van der Waals surface area contributed by atoms with Crippen molar-refractivity contribution < 1.29 is 23.4 Å². The van der Waals surface area contributed by atoms with Crippen molar-refractivity contribution in [2.45, 2.75) is 70.4 Å². The fourth-order valence-corrected chi connectivity index (χ4v) is 5.77. The van der Waals surface area contributed by atoms with Gasteiger partial charge in [-0.3, -0.25) is 9.69 Å². The molecular weight excluding hydrogens is 456 g/mol. The first-order valence-corrected chi connectivity index (χ1v) is 13.0. The highest BCUT2D eigenvalue weighted by atomic mass is 16.7. The van der Waals surface area contributed by atoms with Gasteiger partial charge in [-0.2, -0.15) is 0 Å². The average molecular weight is 491 g/mol. The Morgan fingerprint density at radius 2 is 1.94 bits per heavy atom. The topological polar surface area (TPSA) is 64.4 Å². The first-order valence-electron chi connectivity index (χ1n) is 13.0. The van der Waals surface area contributed by atoms with Crippen molar-refractivity contribution in [2.24, 2.45) is 0 Å². The van der Waals surface area contributed by atoms with Crippen LogP contribution in [0.5, 0.6) is 17.2 Å². The molecule has 3 aliphatic rings. The first-order chi connectivity index (χ1) is 17.4. The molecule has 1 aromatic heterocycles. The largest absolute Gasteiger partial charge is 0.493 e. The molecule has 0 unspecified atom stereocenters. The van der Waals surface area contributed by atoms with Gasteiger partial charge in [0.2, 0.25) is 11.5 Å². The van der Waals surface area contributed by atoms with E-state index in [1.165, 1.54) is 25.7 Å². The molecule has 2 aromatic carbocycles. The van der Waals surface area contributed by atoms with E-state index < -0.39 is 5.79 Å². The number of likely N-dealkylation sites (tertiary alicyclic amines) is 1. The van der Waals surface area contributed by atoms with E-state index in [2.05, 4.69) is 4.90 Å². The quantitative estimate of drug-likeness (QED) is 0.429. The summed E-state index contributed by atoms with van der Waals surface area (Å²) in [5.74, 6) is 1.48. The van der Waals surface area contributed by atoms with Crippen LogP contribution in [0.15, 0.2) is 46.9 Å². The summed E-state index contributed by atoms with van der Waals surface area (Å²) in [5.41, 5.74) is 1.36. The Hall–Kier alpha value is -3.19. The molecule has 3 aromatic rings. The lowest BCUT2D eigenvalue weighted by atomic mass is 9.91. The summed E-state index contributed by atoms with van der Waals surface area (Å²) in [6.45, 7) is 5.88. The number of rotatable bonds is 7. The summed E-state index contributed by atoms with van der Waals surface area (Å²) in [4.78, 5) is 18.6. The number of nitrogens with zero attached hydrogens (tertiary/aromatic N) is 2. The number of carbonyl (C=O) groups is 1. The van der Waals surface area contributed by atoms with Gasteiger partial charge < -0.3 is 23.5 Å². The summed E-state index contributed by atoms with van der Waals surface area (Å²) >= 11 is 0. The molecule has 0 N–H and O–H groups in total. The van der Waals surface area contributed by atoms with Gasteiger partial charge in [0, 0.05) is 43.4 Å². The summed E-state index contributed by atoms with van der Waals surface area (Å²) in [6, 6.07) is 14.6. The number of hydrogen-bond donors (Lipinski definition) is 0. The van der Waals surface area contributed by atoms with Gasteiger partial charge >= 0.3 is 0 Å². The number of fused-ring (bicyclic) bond motifs is 2. The van der Waals surface area contributed by atoms with E-state index in [0.29, 0.717) is 48.0 Å². The lowest BCUT2D eigenvalue weighted by Crippen LogP contribution is -2.48. The number of benzene rings is 2. The van der Waals surface area contributed by atoms with E-state index in [-0.39, 0.29) is 5.91 Å². The van der Waals surface area contributed by atoms with Gasteiger partial charge in [-0.15, -0.1) is 0 Å². The zero-order chi connectivity index (χ0) is 24.9. The van der Waals surface area contributed by atoms with Gasteiger partial charge in [-0.1, -0.05) is 24.6 Å². The third-order valence-corrected chi connectivity index (χ3v) is 7.70. The first kappa shape index (κ1) is 23.2. The van der Waals surface area contributed by atoms with E-state index in [4.69, 9.17) is 18.6 Å². The molecule has 0 bridgehead atoms. The molecule has 7 heteroatoms. The van der Waals surface area contributed by atoms with Crippen molar-refractivity contribution in [3.63, 3.8) is 0 Å². The van der Waals surface area contributed by atoms with E-state index in [0.717, 1.165) is 29.7 Å². The van der Waals surface area contributed by atoms with Crippen LogP contribution in [-0.2, 0) is 6.54 Å². The molecule has 36 heavy (non-hydrogen) atoms. The predicted octanol–water partition coefficient (Wildman–Crippen LogP) is 5.61. The van der Waals surface area contributed by atoms with Crippen molar-refractivity contribution in [3.8, 4) is 17.2 Å². The van der Waals surface area contributed by atoms with Crippen LogP contribution in [0.4, 0.5) is 0 Å². The molecule has 190 valence electrons. The minimum Gasteiger partial charge on any atom is -0.493 e. The molecule has 0 spiro atoms. The highest BCUT2D eigenvalue weighted by Crippen LogP contribution is 2.47. The molecule has 6 rings (SSSR count). The minimum absolute atomic E-state index is 0.0645. The molecule has 3 heterocycles. The summed E-state index contributed by atoms with van der Waals surface area (Å²) in [5, 5.41) is 1.05. The highest BCUT2D eigenvalue weighted by Gasteiger charge is 2.38. The number of furan rings is 1. The fourth-order valence-electron chi connectivity index (χ4n) is 5.77. The zero-order valence-corrected chi connectivity index (χ0v) is 21.3. The smallest absolute Gasteiger partial charge is 0.254 e. The summed E-state index contributed by atoms with van der Waals surface area (Å²) in [6.07, 6.45) is 6.13. The number of hydrogen-bond acceptors (Lipinski definition) is 6. The predicted molar refractivity (Wildman–Crippen MR) is 137 cm³/mol. The molecule has 1 saturated carbocycles. The molecule has 1 aliphatic carbocycles. The van der Waals surface area contributed by atoms with Crippen LogP contribution in [-0.4, -0.2) is 53.8 Å². The Bertz CT molecular complexity index is 1240. The third kappa shape index (κ3) is 4.30. The van der Waals surface area contributed by atoms with Gasteiger partial charge in [0.1, 0.15) is 11.3 Å². The lowest BCUT2D eigenvalue weighted by molar-refractivity contribution is -0.0439. The van der Waals surface area contributed by atoms with Crippen LogP contribution >= 0.6 is 0 Å². The third-order valence-electron chi connectivity index (χ3n) is 7.70. The van der Waals surface area contributed by atoms with E-state index >= 15 is 0 Å². The Balaban J connectivity index is 1.32. The van der Waals surface area contributed by atoms with Crippen LogP contribution in [0.25, 0.3) is 11.0 Å². The number of amides is 1. The second-order valence-electron chi connectivity index (χ2n) is 10.7. The van der Waals surface area contributed by atoms with Crippen molar-refractivity contribution in [1.29, 1.82) is 0 Å². The maximum Gasteiger partial charge on any atom is 0.254 e. The second-order valence-corrected chi connectivity index (χ2v) is 10.7. The molecule has 2 aliphatic heterocycles. The van der Waals surface area contributed by atoms with Crippen molar-refractivity contribution >= 4 is 16.9 Å². The number of methoxy groups -OCH3 is 1. The lowest BCUT2D eigenvalue weighted by Gasteiger charge is -2.40. The Morgan fingerprint density at radius 3 is 2.69 bits per heavy atom. The molecule has 0 radical (unpaired) electrons. The van der Waals surface area contributed by atoms with Crippen molar-refractivity contribution in [2.75, 3.05) is 20.2 Å². The molecule has 1 atom stereocenters. The van der Waals surface area contributed by atoms with Gasteiger partial charge in [0.15, 0.2) is 11.5 Å². The molecule has 7 nitrogen and oxygen atoms in total. The number of carbonyl (C=O) groups excluding carboxylic acids is 1. The molecule has 1 saturated heterocycles. The molecule has 2 fully saturated rings. The van der Waals surface area contributed by atoms with Gasteiger partial charge in [-0.25, -0.2) is 0 Å². The Morgan fingerprint density at radius 1 is 1.11 bits per heavy atom. The van der Waals surface area contributed by atoms with Gasteiger partial charge in [-0.05, 0) is 56.5 Å².